The Balaban J connectivity index is 2.29. The number of amides is 1. The number of hydrogen-bond acceptors (Lipinski definition) is 5. The molecule has 0 N–H and O–H groups in total. The van der Waals surface area contributed by atoms with E-state index in [1.165, 1.54) is 11.8 Å². The predicted octanol–water partition coefficient (Wildman–Crippen LogP) is 2.15. The molecule has 6 nitrogen and oxygen atoms in total. The van der Waals surface area contributed by atoms with Crippen molar-refractivity contribution < 1.29 is 9.53 Å². The number of aromatic nitrogens is 3. The van der Waals surface area contributed by atoms with E-state index < -0.39 is 0 Å². The molecule has 0 radical (unpaired) electrons. The third-order valence-electron chi connectivity index (χ3n) is 3.20. The highest BCUT2D eigenvalue weighted by molar-refractivity contribution is 7.99. The number of carbonyl (C=O) groups is 1. The standard InChI is InChI=1S/C15H20N4O2S/c1-5-19-14(11-8-6-7-9-12(11)21-4)16-17-15(19)22-10-13(20)18(2)3/h6-9H,5,10H2,1-4H3. The number of hydrogen-bond donors (Lipinski definition) is 0. The lowest BCUT2D eigenvalue weighted by atomic mass is 10.2. The van der Waals surface area contributed by atoms with Crippen LogP contribution in [0, 0.1) is 0 Å². The van der Waals surface area contributed by atoms with Crippen molar-refractivity contribution in [2.75, 3.05) is 27.0 Å². The van der Waals surface area contributed by atoms with Crippen LogP contribution in [0.25, 0.3) is 11.4 Å². The SMILES string of the molecule is CCn1c(SCC(=O)N(C)C)nnc1-c1ccccc1OC. The van der Waals surface area contributed by atoms with Gasteiger partial charge in [0.2, 0.25) is 5.91 Å². The second kappa shape index (κ2) is 7.31. The first-order chi connectivity index (χ1) is 10.6. The number of methoxy groups -OCH3 is 1. The molecule has 0 aliphatic carbocycles. The van der Waals surface area contributed by atoms with E-state index in [4.69, 9.17) is 4.74 Å². The second-order valence-corrected chi connectivity index (χ2v) is 5.77. The van der Waals surface area contributed by atoms with E-state index in [0.29, 0.717) is 5.75 Å². The molecular weight excluding hydrogens is 300 g/mol. The van der Waals surface area contributed by atoms with Crippen LogP contribution in [0.4, 0.5) is 0 Å². The van der Waals surface area contributed by atoms with Gasteiger partial charge in [-0.05, 0) is 19.1 Å². The Morgan fingerprint density at radius 1 is 1.32 bits per heavy atom. The Hall–Kier alpha value is -2.02. The Morgan fingerprint density at radius 3 is 2.68 bits per heavy atom. The normalized spacial score (nSPS) is 10.5. The van der Waals surface area contributed by atoms with E-state index in [-0.39, 0.29) is 5.91 Å². The maximum Gasteiger partial charge on any atom is 0.232 e. The van der Waals surface area contributed by atoms with Gasteiger partial charge in [0.1, 0.15) is 5.75 Å². The first kappa shape index (κ1) is 16.4. The lowest BCUT2D eigenvalue weighted by Gasteiger charge is -2.11. The van der Waals surface area contributed by atoms with Gasteiger partial charge >= 0.3 is 0 Å². The largest absolute Gasteiger partial charge is 0.496 e. The van der Waals surface area contributed by atoms with Crippen molar-refractivity contribution in [2.45, 2.75) is 18.6 Å². The van der Waals surface area contributed by atoms with Crippen molar-refractivity contribution in [3.8, 4) is 17.1 Å². The molecule has 22 heavy (non-hydrogen) atoms. The maximum absolute atomic E-state index is 11.7. The summed E-state index contributed by atoms with van der Waals surface area (Å²) >= 11 is 1.39. The minimum absolute atomic E-state index is 0.0505. The lowest BCUT2D eigenvalue weighted by Crippen LogP contribution is -2.23. The quantitative estimate of drug-likeness (QED) is 0.763. The van der Waals surface area contributed by atoms with Crippen LogP contribution < -0.4 is 4.74 Å². The van der Waals surface area contributed by atoms with Crippen molar-refractivity contribution in [3.63, 3.8) is 0 Å². The zero-order chi connectivity index (χ0) is 16.1. The summed E-state index contributed by atoms with van der Waals surface area (Å²) < 4.78 is 7.38. The molecule has 1 aromatic carbocycles. The molecule has 2 rings (SSSR count). The van der Waals surface area contributed by atoms with Crippen molar-refractivity contribution in [1.29, 1.82) is 0 Å². The fourth-order valence-electron chi connectivity index (χ4n) is 1.96. The average Bonchev–Trinajstić information content (AvgIpc) is 2.94. The van der Waals surface area contributed by atoms with Gasteiger partial charge < -0.3 is 14.2 Å². The first-order valence-electron chi connectivity index (χ1n) is 6.98. The zero-order valence-corrected chi connectivity index (χ0v) is 14.1. The zero-order valence-electron chi connectivity index (χ0n) is 13.2. The molecule has 0 spiro atoms. The van der Waals surface area contributed by atoms with Crippen LogP contribution in [-0.2, 0) is 11.3 Å². The smallest absolute Gasteiger partial charge is 0.232 e. The monoisotopic (exact) mass is 320 g/mol. The van der Waals surface area contributed by atoms with Gasteiger partial charge in [-0.15, -0.1) is 10.2 Å². The highest BCUT2D eigenvalue weighted by atomic mass is 32.2. The van der Waals surface area contributed by atoms with Crippen molar-refractivity contribution in [1.82, 2.24) is 19.7 Å². The molecule has 1 amide bonds. The Morgan fingerprint density at radius 2 is 2.05 bits per heavy atom. The number of thioether (sulfide) groups is 1. The summed E-state index contributed by atoms with van der Waals surface area (Å²) in [5.41, 5.74) is 0.894. The number of benzene rings is 1. The molecule has 1 heterocycles. The summed E-state index contributed by atoms with van der Waals surface area (Å²) in [6, 6.07) is 7.70. The molecule has 0 bridgehead atoms. The fourth-order valence-corrected chi connectivity index (χ4v) is 2.95. The molecule has 0 atom stereocenters. The van der Waals surface area contributed by atoms with Crippen LogP contribution in [0.15, 0.2) is 29.4 Å². The van der Waals surface area contributed by atoms with Crippen LogP contribution in [-0.4, -0.2) is 52.5 Å². The van der Waals surface area contributed by atoms with Gasteiger partial charge in [-0.2, -0.15) is 0 Å². The van der Waals surface area contributed by atoms with Gasteiger partial charge in [0, 0.05) is 20.6 Å². The Labute approximate surface area is 134 Å². The molecule has 7 heteroatoms. The number of nitrogens with zero attached hydrogens (tertiary/aromatic N) is 4. The molecule has 2 aromatic rings. The van der Waals surface area contributed by atoms with E-state index in [1.54, 1.807) is 26.1 Å². The lowest BCUT2D eigenvalue weighted by molar-refractivity contribution is -0.125. The van der Waals surface area contributed by atoms with E-state index >= 15 is 0 Å². The van der Waals surface area contributed by atoms with Gasteiger partial charge in [0.25, 0.3) is 0 Å². The molecule has 0 aliphatic heterocycles. The van der Waals surface area contributed by atoms with E-state index in [9.17, 15) is 4.79 Å². The van der Waals surface area contributed by atoms with Crippen molar-refractivity contribution in [2.24, 2.45) is 0 Å². The van der Waals surface area contributed by atoms with Crippen molar-refractivity contribution in [3.05, 3.63) is 24.3 Å². The molecule has 118 valence electrons. The molecule has 0 saturated carbocycles. The second-order valence-electron chi connectivity index (χ2n) is 4.83. The maximum atomic E-state index is 11.7. The molecule has 0 unspecified atom stereocenters. The highest BCUT2D eigenvalue weighted by Gasteiger charge is 2.17. The third-order valence-corrected chi connectivity index (χ3v) is 4.16. The summed E-state index contributed by atoms with van der Waals surface area (Å²) in [6.07, 6.45) is 0. The third kappa shape index (κ3) is 3.41. The molecule has 1 aromatic heterocycles. The number of rotatable bonds is 6. The molecule has 0 fully saturated rings. The minimum atomic E-state index is 0.0505. The molecule has 0 saturated heterocycles. The Bertz CT molecular complexity index is 655. The van der Waals surface area contributed by atoms with Gasteiger partial charge in [-0.1, -0.05) is 23.9 Å². The minimum Gasteiger partial charge on any atom is -0.496 e. The average molecular weight is 320 g/mol. The molecular formula is C15H20N4O2S. The summed E-state index contributed by atoms with van der Waals surface area (Å²) in [6.45, 7) is 2.75. The topological polar surface area (TPSA) is 60.2 Å². The first-order valence-corrected chi connectivity index (χ1v) is 7.96. The predicted molar refractivity (Wildman–Crippen MR) is 87.1 cm³/mol. The molecule has 0 aliphatic rings. The Kier molecular flexibility index (Phi) is 5.43. The van der Waals surface area contributed by atoms with Crippen LogP contribution in [0.2, 0.25) is 0 Å². The van der Waals surface area contributed by atoms with E-state index in [1.807, 2.05) is 35.8 Å². The van der Waals surface area contributed by atoms with Crippen LogP contribution in [0.1, 0.15) is 6.92 Å². The fraction of sp³-hybridized carbons (Fsp3) is 0.400. The van der Waals surface area contributed by atoms with Gasteiger partial charge in [0.05, 0.1) is 18.4 Å². The van der Waals surface area contributed by atoms with Gasteiger partial charge in [-0.25, -0.2) is 0 Å². The van der Waals surface area contributed by atoms with Gasteiger partial charge in [0.15, 0.2) is 11.0 Å². The van der Waals surface area contributed by atoms with E-state index in [0.717, 1.165) is 28.8 Å². The van der Waals surface area contributed by atoms with Crippen LogP contribution >= 0.6 is 11.8 Å². The number of para-hydroxylation sites is 1. The van der Waals surface area contributed by atoms with Crippen molar-refractivity contribution >= 4 is 17.7 Å². The summed E-state index contributed by atoms with van der Waals surface area (Å²) in [5, 5.41) is 9.23. The highest BCUT2D eigenvalue weighted by Crippen LogP contribution is 2.30. The summed E-state index contributed by atoms with van der Waals surface area (Å²) in [4.78, 5) is 13.3. The number of carbonyl (C=O) groups excluding carboxylic acids is 1. The van der Waals surface area contributed by atoms with Crippen LogP contribution in [0.5, 0.6) is 5.75 Å². The summed E-state index contributed by atoms with van der Waals surface area (Å²) in [7, 11) is 5.12. The number of ether oxygens (including phenoxy) is 1. The van der Waals surface area contributed by atoms with Crippen LogP contribution in [0.3, 0.4) is 0 Å². The van der Waals surface area contributed by atoms with E-state index in [2.05, 4.69) is 10.2 Å². The summed E-state index contributed by atoms with van der Waals surface area (Å²) in [5.74, 6) is 1.90. The van der Waals surface area contributed by atoms with Gasteiger partial charge in [-0.3, -0.25) is 4.79 Å².